The molecule has 24 heavy (non-hydrogen) atoms. The third-order valence-electron chi connectivity index (χ3n) is 4.40. The molecule has 0 atom stereocenters. The summed E-state index contributed by atoms with van der Waals surface area (Å²) in [5.41, 5.74) is 2.27. The third-order valence-corrected chi connectivity index (χ3v) is 4.40. The number of benzene rings is 1. The summed E-state index contributed by atoms with van der Waals surface area (Å²) in [5.74, 6) is 1.01. The summed E-state index contributed by atoms with van der Waals surface area (Å²) in [4.78, 5) is 24.8. The number of rotatable bonds is 4. The van der Waals surface area contributed by atoms with Gasteiger partial charge in [0.25, 0.3) is 5.91 Å². The predicted molar refractivity (Wildman–Crippen MR) is 87.1 cm³/mol. The average Bonchev–Trinajstić information content (AvgIpc) is 3.25. The molecule has 4 rings (SSSR count). The molecule has 0 bridgehead atoms. The van der Waals surface area contributed by atoms with Crippen molar-refractivity contribution in [1.29, 1.82) is 0 Å². The Bertz CT molecular complexity index is 806. The van der Waals surface area contributed by atoms with Crippen molar-refractivity contribution in [3.8, 4) is 5.75 Å². The van der Waals surface area contributed by atoms with E-state index in [1.165, 1.54) is 4.68 Å². The zero-order chi connectivity index (χ0) is 16.7. The van der Waals surface area contributed by atoms with E-state index in [2.05, 4.69) is 15.7 Å². The van der Waals surface area contributed by atoms with Gasteiger partial charge < -0.3 is 15.4 Å². The minimum atomic E-state index is -0.254. The van der Waals surface area contributed by atoms with E-state index in [1.807, 2.05) is 0 Å². The van der Waals surface area contributed by atoms with Crippen molar-refractivity contribution in [3.63, 3.8) is 0 Å². The van der Waals surface area contributed by atoms with E-state index in [1.54, 1.807) is 31.4 Å². The van der Waals surface area contributed by atoms with Gasteiger partial charge in [-0.25, -0.2) is 4.68 Å². The van der Waals surface area contributed by atoms with Crippen LogP contribution in [-0.2, 0) is 13.1 Å². The van der Waals surface area contributed by atoms with Crippen LogP contribution in [0.5, 0.6) is 5.75 Å². The molecule has 1 saturated carbocycles. The lowest BCUT2D eigenvalue weighted by atomic mass is 10.2. The number of carbonyl (C=O) groups is 2. The number of hydrogen-bond acceptors (Lipinski definition) is 5. The maximum Gasteiger partial charge on any atom is 0.256 e. The summed E-state index contributed by atoms with van der Waals surface area (Å²) in [6.45, 7) is 1.20. The minimum Gasteiger partial charge on any atom is -0.497 e. The highest BCUT2D eigenvalue weighted by molar-refractivity contribution is 6.04. The first-order valence-corrected chi connectivity index (χ1v) is 7.98. The first kappa shape index (κ1) is 14.9. The summed E-state index contributed by atoms with van der Waals surface area (Å²) >= 11 is 0. The van der Waals surface area contributed by atoms with E-state index in [9.17, 15) is 9.59 Å². The van der Waals surface area contributed by atoms with Crippen LogP contribution in [0.25, 0.3) is 0 Å². The molecular formula is C17H18N4O3. The van der Waals surface area contributed by atoms with Crippen LogP contribution in [0, 0.1) is 5.92 Å². The Morgan fingerprint density at radius 1 is 1.25 bits per heavy atom. The van der Waals surface area contributed by atoms with Gasteiger partial charge in [-0.05, 0) is 37.1 Å². The number of anilines is 1. The summed E-state index contributed by atoms with van der Waals surface area (Å²) < 4.78 is 6.56. The molecule has 0 unspecified atom stereocenters. The second kappa shape index (κ2) is 5.76. The molecule has 1 amide bonds. The number of amides is 1. The molecule has 2 heterocycles. The lowest BCUT2D eigenvalue weighted by Crippen LogP contribution is -2.19. The molecule has 0 spiro atoms. The van der Waals surface area contributed by atoms with Gasteiger partial charge in [0.15, 0.2) is 5.82 Å². The Labute approximate surface area is 139 Å². The van der Waals surface area contributed by atoms with Gasteiger partial charge in [0.2, 0.25) is 5.91 Å². The normalized spacial score (nSPS) is 15.9. The molecule has 0 saturated heterocycles. The molecule has 2 aromatic rings. The van der Waals surface area contributed by atoms with Gasteiger partial charge in [-0.3, -0.25) is 9.59 Å². The monoisotopic (exact) mass is 326 g/mol. The van der Waals surface area contributed by atoms with Gasteiger partial charge in [0.05, 0.1) is 12.8 Å². The fourth-order valence-corrected chi connectivity index (χ4v) is 2.87. The van der Waals surface area contributed by atoms with Gasteiger partial charge >= 0.3 is 0 Å². The first-order valence-electron chi connectivity index (χ1n) is 7.98. The van der Waals surface area contributed by atoms with E-state index in [-0.39, 0.29) is 17.7 Å². The zero-order valence-corrected chi connectivity index (χ0v) is 13.3. The number of nitrogens with zero attached hydrogens (tertiary/aromatic N) is 2. The van der Waals surface area contributed by atoms with Gasteiger partial charge in [-0.15, -0.1) is 5.10 Å². The second-order valence-corrected chi connectivity index (χ2v) is 6.08. The zero-order valence-electron chi connectivity index (χ0n) is 13.3. The van der Waals surface area contributed by atoms with E-state index in [4.69, 9.17) is 4.74 Å². The van der Waals surface area contributed by atoms with Crippen molar-refractivity contribution in [1.82, 2.24) is 15.1 Å². The molecule has 1 fully saturated rings. The lowest BCUT2D eigenvalue weighted by molar-refractivity contribution is 0.0865. The molecule has 1 aromatic carbocycles. The number of ether oxygens (including phenoxy) is 1. The Kier molecular flexibility index (Phi) is 3.57. The highest BCUT2D eigenvalue weighted by atomic mass is 16.5. The van der Waals surface area contributed by atoms with Gasteiger partial charge in [0, 0.05) is 30.1 Å². The number of carbonyl (C=O) groups excluding carboxylic acids is 2. The third kappa shape index (κ3) is 2.56. The van der Waals surface area contributed by atoms with Gasteiger partial charge in [0.1, 0.15) is 5.75 Å². The van der Waals surface area contributed by atoms with Crippen molar-refractivity contribution in [2.75, 3.05) is 12.4 Å². The van der Waals surface area contributed by atoms with Gasteiger partial charge in [-0.2, -0.15) is 0 Å². The second-order valence-electron chi connectivity index (χ2n) is 6.08. The molecule has 2 N–H and O–H groups in total. The van der Waals surface area contributed by atoms with Crippen LogP contribution in [0.1, 0.15) is 39.3 Å². The minimum absolute atomic E-state index is 0.0277. The maximum atomic E-state index is 12.4. The molecule has 7 heteroatoms. The molecule has 7 nitrogen and oxygen atoms in total. The lowest BCUT2D eigenvalue weighted by Gasteiger charge is -2.05. The summed E-state index contributed by atoms with van der Waals surface area (Å²) in [6, 6.07) is 6.85. The number of nitrogens with one attached hydrogen (secondary N) is 2. The number of hydrogen-bond donors (Lipinski definition) is 2. The molecule has 0 radical (unpaired) electrons. The van der Waals surface area contributed by atoms with Crippen LogP contribution in [-0.4, -0.2) is 28.7 Å². The first-order chi connectivity index (χ1) is 11.7. The van der Waals surface area contributed by atoms with Crippen LogP contribution in [0.2, 0.25) is 0 Å². The van der Waals surface area contributed by atoms with Crippen molar-refractivity contribution in [2.45, 2.75) is 25.9 Å². The van der Waals surface area contributed by atoms with E-state index in [0.29, 0.717) is 30.2 Å². The van der Waals surface area contributed by atoms with Crippen molar-refractivity contribution < 1.29 is 14.3 Å². The van der Waals surface area contributed by atoms with Crippen LogP contribution in [0.4, 0.5) is 5.82 Å². The molecule has 1 aliphatic heterocycles. The van der Waals surface area contributed by atoms with E-state index < -0.39 is 0 Å². The molecule has 2 aliphatic rings. The molecular weight excluding hydrogens is 308 g/mol. The molecule has 124 valence electrons. The fraction of sp³-hybridized carbons (Fsp3) is 0.353. The Balaban J connectivity index is 1.58. The van der Waals surface area contributed by atoms with Crippen LogP contribution in [0.3, 0.4) is 0 Å². The van der Waals surface area contributed by atoms with Crippen LogP contribution in [0.15, 0.2) is 24.3 Å². The van der Waals surface area contributed by atoms with E-state index >= 15 is 0 Å². The number of fused-ring (bicyclic) bond motifs is 1. The number of methoxy groups -OCH3 is 1. The fourth-order valence-electron chi connectivity index (χ4n) is 2.87. The smallest absolute Gasteiger partial charge is 0.256 e. The van der Waals surface area contributed by atoms with Crippen LogP contribution >= 0.6 is 0 Å². The maximum absolute atomic E-state index is 12.4. The van der Waals surface area contributed by atoms with E-state index in [0.717, 1.165) is 24.1 Å². The summed E-state index contributed by atoms with van der Waals surface area (Å²) in [6.07, 6.45) is 1.85. The topological polar surface area (TPSA) is 85.2 Å². The standard InChI is InChI=1S/C17H18N4O3/c1-24-12-6-4-10(5-7-12)16(22)19-15-13-8-18-9-14(13)21(20-15)17(23)11-2-3-11/h4-7,11,18H,2-3,8-9H2,1H3,(H,19,20,22). The highest BCUT2D eigenvalue weighted by Crippen LogP contribution is 2.33. The van der Waals surface area contributed by atoms with Crippen molar-refractivity contribution in [3.05, 3.63) is 41.1 Å². The Hall–Kier alpha value is -2.67. The van der Waals surface area contributed by atoms with Gasteiger partial charge in [-0.1, -0.05) is 0 Å². The summed E-state index contributed by atoms with van der Waals surface area (Å²) in [7, 11) is 1.58. The summed E-state index contributed by atoms with van der Waals surface area (Å²) in [5, 5.41) is 10.4. The van der Waals surface area contributed by atoms with Crippen molar-refractivity contribution >= 4 is 17.6 Å². The largest absolute Gasteiger partial charge is 0.497 e. The highest BCUT2D eigenvalue weighted by Gasteiger charge is 2.35. The average molecular weight is 326 g/mol. The Morgan fingerprint density at radius 2 is 2.00 bits per heavy atom. The predicted octanol–water partition coefficient (Wildman–Crippen LogP) is 1.80. The molecule has 1 aliphatic carbocycles. The number of aromatic nitrogens is 2. The molecule has 1 aromatic heterocycles. The van der Waals surface area contributed by atoms with Crippen molar-refractivity contribution in [2.24, 2.45) is 5.92 Å². The quantitative estimate of drug-likeness (QED) is 0.895. The van der Waals surface area contributed by atoms with Crippen LogP contribution < -0.4 is 15.4 Å². The SMILES string of the molecule is COc1ccc(C(=O)Nc2nn(C(=O)C3CC3)c3c2CNC3)cc1. The Morgan fingerprint density at radius 3 is 2.67 bits per heavy atom.